The van der Waals surface area contributed by atoms with Gasteiger partial charge in [0.1, 0.15) is 10.9 Å². The fourth-order valence-corrected chi connectivity index (χ4v) is 4.20. The number of amides is 1. The van der Waals surface area contributed by atoms with E-state index >= 15 is 0 Å². The summed E-state index contributed by atoms with van der Waals surface area (Å²) in [5.74, 6) is -0.539. The minimum atomic E-state index is -0.941. The van der Waals surface area contributed by atoms with Crippen molar-refractivity contribution in [2.24, 2.45) is 5.10 Å². The van der Waals surface area contributed by atoms with Gasteiger partial charge in [-0.2, -0.15) is 5.10 Å². The number of hydrazone groups is 1. The molecule has 0 saturated heterocycles. The summed E-state index contributed by atoms with van der Waals surface area (Å²) in [7, 11) is 1.58. The molecule has 0 unspecified atom stereocenters. The first-order valence-electron chi connectivity index (χ1n) is 10.4. The van der Waals surface area contributed by atoms with E-state index in [1.807, 2.05) is 30.3 Å². The molecule has 0 saturated carbocycles. The number of hydrogen-bond donors (Lipinski definition) is 1. The molecule has 2 heterocycles. The van der Waals surface area contributed by atoms with Crippen molar-refractivity contribution in [3.63, 3.8) is 0 Å². The zero-order chi connectivity index (χ0) is 23.5. The minimum Gasteiger partial charge on any atom is -0.497 e. The number of hydrogen-bond acceptors (Lipinski definition) is 5. The summed E-state index contributed by atoms with van der Waals surface area (Å²) in [4.78, 5) is 28.4. The van der Waals surface area contributed by atoms with E-state index in [0.29, 0.717) is 34.0 Å². The molecule has 4 rings (SSSR count). The standard InChI is InChI=1S/C24H21Cl2N3O4/c1-33-17-10-7-15-11-18(24(26)27-19(15)12-17)21-13-20(14-5-8-16(25)9-6-14)28-29(21)22(30)3-2-4-23(31)32/h5-12,21H,2-4,13H2,1H3,(H,31,32)/t21-/m0/s1. The highest BCUT2D eigenvalue weighted by atomic mass is 35.5. The van der Waals surface area contributed by atoms with E-state index in [-0.39, 0.29) is 30.3 Å². The second-order valence-corrected chi connectivity index (χ2v) is 8.48. The number of ether oxygens (including phenoxy) is 1. The average molecular weight is 486 g/mol. The average Bonchev–Trinajstić information content (AvgIpc) is 3.23. The van der Waals surface area contributed by atoms with Gasteiger partial charge in [-0.1, -0.05) is 35.3 Å². The molecule has 1 aliphatic rings. The molecule has 1 aromatic heterocycles. The van der Waals surface area contributed by atoms with Crippen molar-refractivity contribution in [1.29, 1.82) is 0 Å². The number of fused-ring (bicyclic) bond motifs is 1. The number of aliphatic carboxylic acids is 1. The molecule has 0 fully saturated rings. The van der Waals surface area contributed by atoms with Crippen LogP contribution < -0.4 is 4.74 Å². The Morgan fingerprint density at radius 2 is 1.88 bits per heavy atom. The van der Waals surface area contributed by atoms with Crippen molar-refractivity contribution in [2.75, 3.05) is 7.11 Å². The number of carboxylic acid groups (broad SMARTS) is 1. The van der Waals surface area contributed by atoms with E-state index in [1.54, 1.807) is 25.3 Å². The van der Waals surface area contributed by atoms with Crippen molar-refractivity contribution in [3.05, 3.63) is 69.8 Å². The van der Waals surface area contributed by atoms with Gasteiger partial charge in [0, 0.05) is 41.3 Å². The van der Waals surface area contributed by atoms with Crippen molar-refractivity contribution < 1.29 is 19.4 Å². The van der Waals surface area contributed by atoms with Gasteiger partial charge in [0.05, 0.1) is 24.4 Å². The van der Waals surface area contributed by atoms with Crippen molar-refractivity contribution >= 4 is 51.7 Å². The van der Waals surface area contributed by atoms with Gasteiger partial charge in [-0.25, -0.2) is 9.99 Å². The maximum atomic E-state index is 13.0. The number of rotatable bonds is 7. The number of nitrogens with zero attached hydrogens (tertiary/aromatic N) is 3. The third-order valence-electron chi connectivity index (χ3n) is 5.49. The number of pyridine rings is 1. The Bertz CT molecular complexity index is 1240. The van der Waals surface area contributed by atoms with E-state index in [9.17, 15) is 9.59 Å². The molecule has 170 valence electrons. The normalized spacial score (nSPS) is 15.5. The van der Waals surface area contributed by atoms with E-state index in [1.165, 1.54) is 5.01 Å². The Morgan fingerprint density at radius 1 is 1.12 bits per heavy atom. The molecule has 0 aliphatic carbocycles. The van der Waals surface area contributed by atoms with Crippen LogP contribution in [0.4, 0.5) is 0 Å². The second-order valence-electron chi connectivity index (χ2n) is 7.69. The molecular weight excluding hydrogens is 465 g/mol. The van der Waals surface area contributed by atoms with Crippen molar-refractivity contribution in [1.82, 2.24) is 9.99 Å². The number of carbonyl (C=O) groups excluding carboxylic acids is 1. The number of carbonyl (C=O) groups is 2. The van der Waals surface area contributed by atoms with Crippen LogP contribution in [0.3, 0.4) is 0 Å². The highest BCUT2D eigenvalue weighted by Crippen LogP contribution is 2.38. The molecule has 1 N–H and O–H groups in total. The van der Waals surface area contributed by atoms with Gasteiger partial charge in [-0.05, 0) is 42.3 Å². The molecular formula is C24H21Cl2N3O4. The van der Waals surface area contributed by atoms with Gasteiger partial charge in [-0.15, -0.1) is 0 Å². The molecule has 7 nitrogen and oxygen atoms in total. The van der Waals surface area contributed by atoms with Crippen LogP contribution in [0.2, 0.25) is 10.2 Å². The van der Waals surface area contributed by atoms with E-state index < -0.39 is 12.0 Å². The molecule has 9 heteroatoms. The molecule has 1 amide bonds. The van der Waals surface area contributed by atoms with Crippen LogP contribution in [0, 0.1) is 0 Å². The van der Waals surface area contributed by atoms with E-state index in [0.717, 1.165) is 10.9 Å². The van der Waals surface area contributed by atoms with Crippen LogP contribution in [0.1, 0.15) is 42.9 Å². The first kappa shape index (κ1) is 23.0. The quantitative estimate of drug-likeness (QED) is 0.447. The van der Waals surface area contributed by atoms with Crippen molar-refractivity contribution in [3.8, 4) is 5.75 Å². The summed E-state index contributed by atoms with van der Waals surface area (Å²) in [6, 6.07) is 14.2. The predicted molar refractivity (Wildman–Crippen MR) is 127 cm³/mol. The summed E-state index contributed by atoms with van der Waals surface area (Å²) in [5, 5.41) is 16.6. The molecule has 0 bridgehead atoms. The molecule has 2 aromatic carbocycles. The Kier molecular flexibility index (Phi) is 6.81. The van der Waals surface area contributed by atoms with Gasteiger partial charge in [-0.3, -0.25) is 9.59 Å². The smallest absolute Gasteiger partial charge is 0.303 e. The van der Waals surface area contributed by atoms with Crippen LogP contribution in [0.25, 0.3) is 10.9 Å². The lowest BCUT2D eigenvalue weighted by molar-refractivity contribution is -0.137. The van der Waals surface area contributed by atoms with Crippen LogP contribution in [-0.4, -0.2) is 39.8 Å². The predicted octanol–water partition coefficient (Wildman–Crippen LogP) is 5.48. The number of halogens is 2. The van der Waals surface area contributed by atoms with Gasteiger partial charge in [0.25, 0.3) is 0 Å². The number of carboxylic acids is 1. The Hall–Kier alpha value is -3.16. The highest BCUT2D eigenvalue weighted by molar-refractivity contribution is 6.31. The van der Waals surface area contributed by atoms with Gasteiger partial charge >= 0.3 is 5.97 Å². The lowest BCUT2D eigenvalue weighted by Crippen LogP contribution is -2.27. The first-order chi connectivity index (χ1) is 15.9. The molecule has 3 aromatic rings. The lowest BCUT2D eigenvalue weighted by atomic mass is 9.98. The zero-order valence-corrected chi connectivity index (χ0v) is 19.3. The molecule has 1 atom stereocenters. The highest BCUT2D eigenvalue weighted by Gasteiger charge is 2.34. The van der Waals surface area contributed by atoms with Crippen LogP contribution in [-0.2, 0) is 9.59 Å². The van der Waals surface area contributed by atoms with E-state index in [4.69, 9.17) is 33.0 Å². The fourth-order valence-electron chi connectivity index (χ4n) is 3.81. The molecule has 0 radical (unpaired) electrons. The largest absolute Gasteiger partial charge is 0.497 e. The molecule has 1 aliphatic heterocycles. The summed E-state index contributed by atoms with van der Waals surface area (Å²) < 4.78 is 5.26. The Balaban J connectivity index is 1.69. The third kappa shape index (κ3) is 5.10. The fraction of sp³-hybridized carbons (Fsp3) is 0.250. The second kappa shape index (κ2) is 9.77. The molecule has 33 heavy (non-hydrogen) atoms. The summed E-state index contributed by atoms with van der Waals surface area (Å²) in [6.07, 6.45) is 0.649. The van der Waals surface area contributed by atoms with Crippen molar-refractivity contribution in [2.45, 2.75) is 31.7 Å². The Labute approximate surface area is 200 Å². The van der Waals surface area contributed by atoms with Gasteiger partial charge in [0.15, 0.2) is 0 Å². The van der Waals surface area contributed by atoms with Crippen LogP contribution in [0.15, 0.2) is 53.6 Å². The van der Waals surface area contributed by atoms with Crippen LogP contribution in [0.5, 0.6) is 5.75 Å². The minimum absolute atomic E-state index is 0.0655. The summed E-state index contributed by atoms with van der Waals surface area (Å²) >= 11 is 12.6. The van der Waals surface area contributed by atoms with Crippen LogP contribution >= 0.6 is 23.2 Å². The first-order valence-corrected chi connectivity index (χ1v) is 11.1. The summed E-state index contributed by atoms with van der Waals surface area (Å²) in [5.41, 5.74) is 2.92. The Morgan fingerprint density at radius 3 is 2.58 bits per heavy atom. The SMILES string of the molecule is COc1ccc2cc([C@@H]3CC(c4ccc(Cl)cc4)=NN3C(=O)CCCC(=O)O)c(Cl)nc2c1. The lowest BCUT2D eigenvalue weighted by Gasteiger charge is -2.23. The van der Waals surface area contributed by atoms with Gasteiger partial charge in [0.2, 0.25) is 5.91 Å². The molecule has 0 spiro atoms. The number of methoxy groups -OCH3 is 1. The van der Waals surface area contributed by atoms with Gasteiger partial charge < -0.3 is 9.84 Å². The number of benzene rings is 2. The monoisotopic (exact) mass is 485 g/mol. The maximum absolute atomic E-state index is 13.0. The van der Waals surface area contributed by atoms with E-state index in [2.05, 4.69) is 10.1 Å². The number of aromatic nitrogens is 1. The topological polar surface area (TPSA) is 92.1 Å². The maximum Gasteiger partial charge on any atom is 0.303 e. The summed E-state index contributed by atoms with van der Waals surface area (Å²) in [6.45, 7) is 0. The zero-order valence-electron chi connectivity index (χ0n) is 17.8. The third-order valence-corrected chi connectivity index (χ3v) is 6.04.